The van der Waals surface area contributed by atoms with Gasteiger partial charge in [-0.3, -0.25) is 4.79 Å². The minimum Gasteiger partial charge on any atom is -0.394 e. The second-order valence-corrected chi connectivity index (χ2v) is 5.50. The van der Waals surface area contributed by atoms with Crippen molar-refractivity contribution in [1.82, 2.24) is 5.32 Å². The standard InChI is InChI=1S/C15H18F3NO6/c16-15(17,18)14(23)19-10-12(22)11(21)9(6-20)25-13(10)24-7-8-4-2-1-3-5-8/h1-5,9-13,20-22H,6-7H2,(H,19,23)/t9-,10+,11+,12-,13+/m0/s1. The highest BCUT2D eigenvalue weighted by Crippen LogP contribution is 2.24. The first-order chi connectivity index (χ1) is 11.7. The van der Waals surface area contributed by atoms with Crippen molar-refractivity contribution in [2.24, 2.45) is 0 Å². The summed E-state index contributed by atoms with van der Waals surface area (Å²) in [6.45, 7) is -0.770. The number of nitrogens with one attached hydrogen (secondary N) is 1. The zero-order valence-electron chi connectivity index (χ0n) is 12.9. The van der Waals surface area contributed by atoms with Crippen LogP contribution in [0.25, 0.3) is 0 Å². The number of aliphatic hydroxyl groups is 3. The van der Waals surface area contributed by atoms with E-state index in [1.165, 1.54) is 0 Å². The van der Waals surface area contributed by atoms with E-state index < -0.39 is 49.3 Å². The molecule has 0 radical (unpaired) electrons. The van der Waals surface area contributed by atoms with Crippen LogP contribution in [0.4, 0.5) is 13.2 Å². The van der Waals surface area contributed by atoms with Crippen molar-refractivity contribution < 1.29 is 42.8 Å². The molecular weight excluding hydrogens is 347 g/mol. The molecule has 5 atom stereocenters. The van der Waals surface area contributed by atoms with Gasteiger partial charge in [0, 0.05) is 0 Å². The third-order valence-corrected chi connectivity index (χ3v) is 3.69. The van der Waals surface area contributed by atoms with Crippen LogP contribution in [0.15, 0.2) is 30.3 Å². The third kappa shape index (κ3) is 4.89. The SMILES string of the molecule is O=C(N[C@H]1[C@H](OCc2ccccc2)O[C@@H](CO)[C@@H](O)[C@H]1O)C(F)(F)F. The highest BCUT2D eigenvalue weighted by atomic mass is 19.4. The van der Waals surface area contributed by atoms with Gasteiger partial charge >= 0.3 is 12.1 Å². The third-order valence-electron chi connectivity index (χ3n) is 3.69. The molecule has 140 valence electrons. The van der Waals surface area contributed by atoms with Crippen molar-refractivity contribution in [1.29, 1.82) is 0 Å². The predicted octanol–water partition coefficient (Wildman–Crippen LogP) is -0.311. The first-order valence-corrected chi connectivity index (χ1v) is 7.39. The molecule has 1 aromatic rings. The Kier molecular flexibility index (Phi) is 6.36. The van der Waals surface area contributed by atoms with Crippen LogP contribution in [0.1, 0.15) is 5.56 Å². The lowest BCUT2D eigenvalue weighted by molar-refractivity contribution is -0.275. The van der Waals surface area contributed by atoms with Crippen LogP contribution in [0.2, 0.25) is 0 Å². The molecule has 1 aliphatic heterocycles. The number of carbonyl (C=O) groups excluding carboxylic acids is 1. The van der Waals surface area contributed by atoms with Crippen molar-refractivity contribution in [3.8, 4) is 0 Å². The second-order valence-electron chi connectivity index (χ2n) is 5.50. The number of alkyl halides is 3. The van der Waals surface area contributed by atoms with Crippen LogP contribution in [0.3, 0.4) is 0 Å². The van der Waals surface area contributed by atoms with Crippen LogP contribution in [-0.2, 0) is 20.9 Å². The maximum absolute atomic E-state index is 12.5. The highest BCUT2D eigenvalue weighted by Gasteiger charge is 2.49. The number of carbonyl (C=O) groups is 1. The Morgan fingerprint density at radius 2 is 1.84 bits per heavy atom. The summed E-state index contributed by atoms with van der Waals surface area (Å²) in [7, 11) is 0. The highest BCUT2D eigenvalue weighted by molar-refractivity contribution is 5.82. The van der Waals surface area contributed by atoms with Crippen LogP contribution in [0, 0.1) is 0 Å². The van der Waals surface area contributed by atoms with E-state index in [2.05, 4.69) is 0 Å². The molecule has 0 aliphatic carbocycles. The molecule has 0 bridgehead atoms. The monoisotopic (exact) mass is 365 g/mol. The smallest absolute Gasteiger partial charge is 0.394 e. The molecule has 25 heavy (non-hydrogen) atoms. The minimum absolute atomic E-state index is 0.0785. The van der Waals surface area contributed by atoms with Crippen molar-refractivity contribution in [2.45, 2.75) is 43.4 Å². The van der Waals surface area contributed by atoms with Crippen molar-refractivity contribution in [2.75, 3.05) is 6.61 Å². The topological polar surface area (TPSA) is 108 Å². The maximum atomic E-state index is 12.5. The van der Waals surface area contributed by atoms with Gasteiger partial charge in [-0.1, -0.05) is 30.3 Å². The zero-order valence-corrected chi connectivity index (χ0v) is 12.9. The lowest BCUT2D eigenvalue weighted by atomic mass is 9.97. The van der Waals surface area contributed by atoms with Crippen LogP contribution in [-0.4, -0.2) is 64.7 Å². The Hall–Kier alpha value is -1.72. The molecule has 0 unspecified atom stereocenters. The fraction of sp³-hybridized carbons (Fsp3) is 0.533. The van der Waals surface area contributed by atoms with Crippen molar-refractivity contribution in [3.05, 3.63) is 35.9 Å². The molecule has 4 N–H and O–H groups in total. The lowest BCUT2D eigenvalue weighted by Crippen LogP contribution is -2.65. The molecule has 10 heteroatoms. The fourth-order valence-corrected chi connectivity index (χ4v) is 2.36. The van der Waals surface area contributed by atoms with E-state index in [0.717, 1.165) is 0 Å². The Balaban J connectivity index is 2.13. The van der Waals surface area contributed by atoms with Crippen LogP contribution in [0.5, 0.6) is 0 Å². The van der Waals surface area contributed by atoms with E-state index in [0.29, 0.717) is 5.56 Å². The van der Waals surface area contributed by atoms with E-state index >= 15 is 0 Å². The minimum atomic E-state index is -5.18. The number of hydrogen-bond acceptors (Lipinski definition) is 6. The summed E-state index contributed by atoms with van der Waals surface area (Å²) < 4.78 is 48.0. The van der Waals surface area contributed by atoms with Gasteiger partial charge in [0.1, 0.15) is 24.4 Å². The number of rotatable bonds is 5. The summed E-state index contributed by atoms with van der Waals surface area (Å²) in [5.41, 5.74) is 0.674. The number of aliphatic hydroxyl groups excluding tert-OH is 3. The molecule has 1 aromatic carbocycles. The van der Waals surface area contributed by atoms with E-state index in [-0.39, 0.29) is 6.61 Å². The van der Waals surface area contributed by atoms with Crippen LogP contribution < -0.4 is 5.32 Å². The molecule has 1 saturated heterocycles. The van der Waals surface area contributed by atoms with Gasteiger partial charge in [-0.15, -0.1) is 0 Å². The van der Waals surface area contributed by atoms with E-state index in [1.54, 1.807) is 35.6 Å². The first-order valence-electron chi connectivity index (χ1n) is 7.39. The predicted molar refractivity (Wildman–Crippen MR) is 77.0 cm³/mol. The second kappa shape index (κ2) is 8.11. The van der Waals surface area contributed by atoms with Gasteiger partial charge in [-0.25, -0.2) is 0 Å². The Morgan fingerprint density at radius 1 is 1.20 bits per heavy atom. The summed E-state index contributed by atoms with van der Waals surface area (Å²) in [5.74, 6) is -2.30. The Bertz CT molecular complexity index is 570. The van der Waals surface area contributed by atoms with Gasteiger partial charge < -0.3 is 30.1 Å². The molecule has 1 heterocycles. The van der Waals surface area contributed by atoms with Crippen molar-refractivity contribution in [3.63, 3.8) is 0 Å². The summed E-state index contributed by atoms with van der Waals surface area (Å²) in [4.78, 5) is 11.2. The Morgan fingerprint density at radius 3 is 2.40 bits per heavy atom. The van der Waals surface area contributed by atoms with Gasteiger partial charge in [0.05, 0.1) is 13.2 Å². The van der Waals surface area contributed by atoms with E-state index in [1.807, 2.05) is 0 Å². The average Bonchev–Trinajstić information content (AvgIpc) is 2.58. The molecule has 1 amide bonds. The molecule has 1 fully saturated rings. The lowest BCUT2D eigenvalue weighted by Gasteiger charge is -2.42. The summed E-state index contributed by atoms with van der Waals surface area (Å²) in [6.07, 6.45) is -11.5. The summed E-state index contributed by atoms with van der Waals surface area (Å²) in [6, 6.07) is 6.92. The zero-order chi connectivity index (χ0) is 18.6. The van der Waals surface area contributed by atoms with Crippen molar-refractivity contribution >= 4 is 5.91 Å². The summed E-state index contributed by atoms with van der Waals surface area (Å²) in [5, 5.41) is 30.5. The quantitative estimate of drug-likeness (QED) is 0.570. The number of hydrogen-bond donors (Lipinski definition) is 4. The molecule has 0 spiro atoms. The van der Waals surface area contributed by atoms with E-state index in [4.69, 9.17) is 14.6 Å². The summed E-state index contributed by atoms with van der Waals surface area (Å²) >= 11 is 0. The average molecular weight is 365 g/mol. The maximum Gasteiger partial charge on any atom is 0.471 e. The van der Waals surface area contributed by atoms with Gasteiger partial charge in [0.25, 0.3) is 0 Å². The van der Waals surface area contributed by atoms with Crippen LogP contribution >= 0.6 is 0 Å². The van der Waals surface area contributed by atoms with Gasteiger partial charge in [-0.2, -0.15) is 13.2 Å². The van der Waals surface area contributed by atoms with Gasteiger partial charge in [0.2, 0.25) is 0 Å². The van der Waals surface area contributed by atoms with Gasteiger partial charge in [0.15, 0.2) is 6.29 Å². The fourth-order valence-electron chi connectivity index (χ4n) is 2.36. The number of ether oxygens (including phenoxy) is 2. The van der Waals surface area contributed by atoms with Gasteiger partial charge in [-0.05, 0) is 5.56 Å². The molecular formula is C15H18F3NO6. The normalized spacial score (nSPS) is 30.1. The molecule has 2 rings (SSSR count). The number of halogens is 3. The largest absolute Gasteiger partial charge is 0.471 e. The van der Waals surface area contributed by atoms with E-state index in [9.17, 15) is 28.2 Å². The number of benzene rings is 1. The molecule has 0 aromatic heterocycles. The molecule has 1 aliphatic rings. The Labute approximate surface area is 141 Å². The molecule has 0 saturated carbocycles. The first kappa shape index (κ1) is 19.6. The number of amides is 1. The molecule has 7 nitrogen and oxygen atoms in total.